The number of amides is 2. The number of hydrogen-bond donors (Lipinski definition) is 0. The van der Waals surface area contributed by atoms with Crippen molar-refractivity contribution in [3.8, 4) is 5.75 Å². The van der Waals surface area contributed by atoms with Crippen LogP contribution in [-0.2, 0) is 9.53 Å². The van der Waals surface area contributed by atoms with E-state index in [0.29, 0.717) is 0 Å². The van der Waals surface area contributed by atoms with Gasteiger partial charge in [-0.05, 0) is 29.2 Å². The Morgan fingerprint density at radius 3 is 2.36 bits per heavy atom. The van der Waals surface area contributed by atoms with Gasteiger partial charge >= 0.3 is 6.09 Å². The van der Waals surface area contributed by atoms with Gasteiger partial charge in [0.1, 0.15) is 23.2 Å². The maximum Gasteiger partial charge on any atom is 0.417 e. The van der Waals surface area contributed by atoms with Crippen molar-refractivity contribution < 1.29 is 19.1 Å². The maximum atomic E-state index is 13.3. The first-order valence-electron chi connectivity index (χ1n) is 9.26. The van der Waals surface area contributed by atoms with Crippen LogP contribution in [0.15, 0.2) is 54.6 Å². The third-order valence-electron chi connectivity index (χ3n) is 5.06. The number of rotatable bonds is 6. The molecule has 0 bridgehead atoms. The first-order chi connectivity index (χ1) is 13.4. The molecule has 3 atom stereocenters. The van der Waals surface area contributed by atoms with E-state index in [1.165, 1.54) is 4.90 Å². The van der Waals surface area contributed by atoms with Gasteiger partial charge in [0.05, 0.1) is 7.11 Å². The number of imide groups is 1. The van der Waals surface area contributed by atoms with Crippen LogP contribution in [0.3, 0.4) is 0 Å². The molecule has 1 heterocycles. The Kier molecular flexibility index (Phi) is 6.39. The van der Waals surface area contributed by atoms with Gasteiger partial charge in [-0.1, -0.05) is 72.2 Å². The summed E-state index contributed by atoms with van der Waals surface area (Å²) in [7, 11) is 1.62. The smallest absolute Gasteiger partial charge is 0.417 e. The minimum Gasteiger partial charge on any atom is -0.497 e. The number of hydrogen-bond acceptors (Lipinski definition) is 4. The third-order valence-corrected chi connectivity index (χ3v) is 6.03. The number of methoxy groups -OCH3 is 1. The molecule has 1 fully saturated rings. The lowest BCUT2D eigenvalue weighted by molar-refractivity contribution is -0.129. The molecule has 1 saturated heterocycles. The molecule has 2 aromatic rings. The summed E-state index contributed by atoms with van der Waals surface area (Å²) in [5.74, 6) is 0.542. The molecule has 6 heteroatoms. The van der Waals surface area contributed by atoms with Crippen molar-refractivity contribution in [3.63, 3.8) is 0 Å². The predicted molar refractivity (Wildman–Crippen MR) is 111 cm³/mol. The third kappa shape index (κ3) is 4.07. The molecule has 0 N–H and O–H groups in total. The normalized spacial score (nSPS) is 18.7. The van der Waals surface area contributed by atoms with E-state index < -0.39 is 17.0 Å². The highest BCUT2D eigenvalue weighted by atomic mass is 79.9. The van der Waals surface area contributed by atoms with Crippen LogP contribution in [0.1, 0.15) is 36.9 Å². The first-order valence-corrected chi connectivity index (χ1v) is 10.2. The van der Waals surface area contributed by atoms with Gasteiger partial charge in [0.2, 0.25) is 5.91 Å². The lowest BCUT2D eigenvalue weighted by Gasteiger charge is -2.29. The number of carbonyl (C=O) groups excluding carboxylic acids is 2. The van der Waals surface area contributed by atoms with Crippen LogP contribution in [0, 0.1) is 5.92 Å². The van der Waals surface area contributed by atoms with Gasteiger partial charge in [-0.25, -0.2) is 9.69 Å². The lowest BCUT2D eigenvalue weighted by Crippen LogP contribution is -2.42. The number of alkyl halides is 1. The highest BCUT2D eigenvalue weighted by Crippen LogP contribution is 2.37. The van der Waals surface area contributed by atoms with E-state index in [0.717, 1.165) is 16.9 Å². The quantitative estimate of drug-likeness (QED) is 0.592. The zero-order chi connectivity index (χ0) is 20.3. The van der Waals surface area contributed by atoms with Crippen molar-refractivity contribution in [1.82, 2.24) is 4.90 Å². The molecule has 3 rings (SSSR count). The SMILES string of the molecule is COc1ccc([C@H](C(C)C)[C@@H](Br)C(=O)N2C(=O)OC[C@@H]2c2ccccc2)cc1. The number of benzene rings is 2. The van der Waals surface area contributed by atoms with E-state index in [9.17, 15) is 9.59 Å². The van der Waals surface area contributed by atoms with E-state index in [4.69, 9.17) is 9.47 Å². The van der Waals surface area contributed by atoms with Crippen LogP contribution in [0.2, 0.25) is 0 Å². The summed E-state index contributed by atoms with van der Waals surface area (Å²) in [6.07, 6.45) is -0.597. The Balaban J connectivity index is 1.88. The second-order valence-electron chi connectivity index (χ2n) is 7.16. The van der Waals surface area contributed by atoms with E-state index >= 15 is 0 Å². The summed E-state index contributed by atoms with van der Waals surface area (Å²) in [6, 6.07) is 16.8. The van der Waals surface area contributed by atoms with Crippen molar-refractivity contribution in [2.24, 2.45) is 5.92 Å². The molecular formula is C22H24BrNO4. The van der Waals surface area contributed by atoms with Crippen LogP contribution < -0.4 is 4.74 Å². The minimum absolute atomic E-state index is 0.108. The van der Waals surface area contributed by atoms with Crippen LogP contribution in [0.5, 0.6) is 5.75 Å². The zero-order valence-electron chi connectivity index (χ0n) is 16.2. The van der Waals surface area contributed by atoms with Crippen LogP contribution in [0.4, 0.5) is 4.79 Å². The Labute approximate surface area is 173 Å². The molecule has 2 aromatic carbocycles. The molecule has 2 amide bonds. The number of nitrogens with zero attached hydrogens (tertiary/aromatic N) is 1. The predicted octanol–water partition coefficient (Wildman–Crippen LogP) is 4.92. The minimum atomic E-state index is -0.597. The fourth-order valence-corrected chi connectivity index (χ4v) is 4.73. The summed E-state index contributed by atoms with van der Waals surface area (Å²) in [5, 5.41) is 0. The summed E-state index contributed by atoms with van der Waals surface area (Å²) in [5.41, 5.74) is 1.89. The van der Waals surface area contributed by atoms with Crippen LogP contribution in [0.25, 0.3) is 0 Å². The first kappa shape index (κ1) is 20.4. The molecule has 1 aliphatic heterocycles. The zero-order valence-corrected chi connectivity index (χ0v) is 17.8. The molecule has 28 heavy (non-hydrogen) atoms. The Morgan fingerprint density at radius 1 is 1.14 bits per heavy atom. The summed E-state index contributed by atoms with van der Waals surface area (Å²) >= 11 is 3.59. The number of carbonyl (C=O) groups is 2. The molecule has 0 spiro atoms. The average molecular weight is 446 g/mol. The molecule has 1 aliphatic rings. The summed E-state index contributed by atoms with van der Waals surface area (Å²) < 4.78 is 10.4. The average Bonchev–Trinajstić information content (AvgIpc) is 3.09. The van der Waals surface area contributed by atoms with Crippen LogP contribution >= 0.6 is 15.9 Å². The molecule has 0 unspecified atom stereocenters. The topological polar surface area (TPSA) is 55.8 Å². The van der Waals surface area contributed by atoms with Crippen molar-refractivity contribution in [2.75, 3.05) is 13.7 Å². The fraction of sp³-hybridized carbons (Fsp3) is 0.364. The van der Waals surface area contributed by atoms with E-state index in [1.807, 2.05) is 54.6 Å². The van der Waals surface area contributed by atoms with E-state index in [-0.39, 0.29) is 24.3 Å². The Hall–Kier alpha value is -2.34. The summed E-state index contributed by atoms with van der Waals surface area (Å²) in [4.78, 5) is 26.4. The molecule has 5 nitrogen and oxygen atoms in total. The van der Waals surface area contributed by atoms with E-state index in [1.54, 1.807) is 7.11 Å². The van der Waals surface area contributed by atoms with Crippen molar-refractivity contribution in [1.29, 1.82) is 0 Å². The lowest BCUT2D eigenvalue weighted by atomic mass is 9.85. The Morgan fingerprint density at radius 2 is 1.79 bits per heavy atom. The fourth-order valence-electron chi connectivity index (χ4n) is 3.59. The van der Waals surface area contributed by atoms with Crippen molar-refractivity contribution >= 4 is 27.9 Å². The highest BCUT2D eigenvalue weighted by Gasteiger charge is 2.43. The van der Waals surface area contributed by atoms with Gasteiger partial charge in [0.15, 0.2) is 0 Å². The second-order valence-corrected chi connectivity index (χ2v) is 8.14. The van der Waals surface area contributed by atoms with Crippen molar-refractivity contribution in [2.45, 2.75) is 30.6 Å². The van der Waals surface area contributed by atoms with Gasteiger partial charge in [-0.3, -0.25) is 4.79 Å². The molecule has 0 aromatic heterocycles. The maximum absolute atomic E-state index is 13.3. The number of cyclic esters (lactones) is 1. The summed E-state index contributed by atoms with van der Waals surface area (Å²) in [6.45, 7) is 4.30. The molecule has 0 aliphatic carbocycles. The van der Waals surface area contributed by atoms with Gasteiger partial charge < -0.3 is 9.47 Å². The van der Waals surface area contributed by atoms with Gasteiger partial charge in [0.25, 0.3) is 0 Å². The van der Waals surface area contributed by atoms with Gasteiger partial charge in [0, 0.05) is 5.92 Å². The largest absolute Gasteiger partial charge is 0.497 e. The molecule has 0 saturated carbocycles. The molecule has 148 valence electrons. The molecular weight excluding hydrogens is 422 g/mol. The Bertz CT molecular complexity index is 822. The standard InChI is InChI=1S/C22H24BrNO4/c1-14(2)19(16-9-11-17(27-3)12-10-16)20(23)21(25)24-18(13-28-22(24)26)15-7-5-4-6-8-15/h4-12,14,18-20H,13H2,1-3H3/t18-,19+,20-/m1/s1. The second kappa shape index (κ2) is 8.78. The van der Waals surface area contributed by atoms with Crippen LogP contribution in [-0.4, -0.2) is 35.4 Å². The number of ether oxygens (including phenoxy) is 2. The van der Waals surface area contributed by atoms with Gasteiger partial charge in [-0.15, -0.1) is 0 Å². The van der Waals surface area contributed by atoms with Gasteiger partial charge in [-0.2, -0.15) is 0 Å². The van der Waals surface area contributed by atoms with E-state index in [2.05, 4.69) is 29.8 Å². The number of halogens is 1. The van der Waals surface area contributed by atoms with Crippen molar-refractivity contribution in [3.05, 3.63) is 65.7 Å². The monoisotopic (exact) mass is 445 g/mol. The highest BCUT2D eigenvalue weighted by molar-refractivity contribution is 9.10. The molecule has 0 radical (unpaired) electrons.